The zero-order valence-corrected chi connectivity index (χ0v) is 24.5. The Bertz CT molecular complexity index is 1400. The second kappa shape index (κ2) is 13.7. The van der Waals surface area contributed by atoms with Crippen LogP contribution in [-0.4, -0.2) is 78.7 Å². The number of amides is 2. The Hall–Kier alpha value is -3.76. The minimum Gasteiger partial charge on any atom is -0.446 e. The first kappa shape index (κ1) is 29.3. The number of hydrogen-bond donors (Lipinski definition) is 3. The van der Waals surface area contributed by atoms with Crippen LogP contribution in [0.3, 0.4) is 0 Å². The third-order valence-corrected chi connectivity index (χ3v) is 8.99. The summed E-state index contributed by atoms with van der Waals surface area (Å²) in [5.74, 6) is 1.56. The standard InChI is InChI=1S/C33H41N5O5/c39-25-11-14-38(21-25)31-10-9-24(20-34-31)30-17-28(27-3-1-2-4-29(27)37-30)32(40)35-18-22-5-7-23(8-6-22)19-36-33(41)43-26-12-15-42-16-13-26/h1-4,9-10,17,20,22-23,25-26,39H,5-8,11-16,18-19,21H2,(H,35,40)(H,36,41)/t22?,23?,25-/m1/s1. The number of fused-ring (bicyclic) bond motifs is 1. The molecular formula is C33H41N5O5. The second-order valence-corrected chi connectivity index (χ2v) is 12.1. The number of carbonyl (C=O) groups excluding carboxylic acids is 2. The molecule has 6 rings (SSSR count). The van der Waals surface area contributed by atoms with Gasteiger partial charge in [0.2, 0.25) is 0 Å². The summed E-state index contributed by atoms with van der Waals surface area (Å²) in [4.78, 5) is 37.2. The highest BCUT2D eigenvalue weighted by molar-refractivity contribution is 6.07. The maximum absolute atomic E-state index is 13.5. The molecule has 1 atom stereocenters. The van der Waals surface area contributed by atoms with Gasteiger partial charge in [0, 0.05) is 56.2 Å². The van der Waals surface area contributed by atoms with Crippen molar-refractivity contribution >= 4 is 28.7 Å². The lowest BCUT2D eigenvalue weighted by Crippen LogP contribution is -2.37. The molecule has 2 amide bonds. The van der Waals surface area contributed by atoms with E-state index in [0.717, 1.165) is 73.8 Å². The number of hydrogen-bond acceptors (Lipinski definition) is 8. The van der Waals surface area contributed by atoms with Crippen molar-refractivity contribution in [2.45, 2.75) is 57.2 Å². The molecule has 3 aliphatic rings. The fourth-order valence-electron chi connectivity index (χ4n) is 6.37. The molecule has 10 nitrogen and oxygen atoms in total. The predicted octanol–water partition coefficient (Wildman–Crippen LogP) is 4.31. The van der Waals surface area contributed by atoms with Gasteiger partial charge in [-0.3, -0.25) is 4.79 Å². The number of aliphatic hydroxyl groups excluding tert-OH is 1. The summed E-state index contributed by atoms with van der Waals surface area (Å²) in [7, 11) is 0. The summed E-state index contributed by atoms with van der Waals surface area (Å²) < 4.78 is 10.8. The lowest BCUT2D eigenvalue weighted by atomic mass is 9.82. The zero-order chi connectivity index (χ0) is 29.6. The highest BCUT2D eigenvalue weighted by atomic mass is 16.6. The fraction of sp³-hybridized carbons (Fsp3) is 0.515. The molecule has 2 saturated heterocycles. The van der Waals surface area contributed by atoms with Crippen LogP contribution in [0.5, 0.6) is 0 Å². The van der Waals surface area contributed by atoms with Crippen molar-refractivity contribution in [1.29, 1.82) is 0 Å². The van der Waals surface area contributed by atoms with Gasteiger partial charge in [-0.05, 0) is 68.2 Å². The number of nitrogens with one attached hydrogen (secondary N) is 2. The van der Waals surface area contributed by atoms with Gasteiger partial charge in [0.05, 0.1) is 36.1 Å². The van der Waals surface area contributed by atoms with Crippen molar-refractivity contribution in [2.75, 3.05) is 44.3 Å². The number of β-amino-alcohol motifs (C(OH)–C–C–N with tert-alkyl or cyclic N) is 1. The topological polar surface area (TPSA) is 126 Å². The Morgan fingerprint density at radius 1 is 0.953 bits per heavy atom. The van der Waals surface area contributed by atoms with Crippen molar-refractivity contribution in [3.8, 4) is 11.3 Å². The SMILES string of the molecule is O=C(NCC1CCC(CNC(=O)c2cc(-c3ccc(N4CC[C@@H](O)C4)nc3)nc3ccccc23)CC1)OC1CCOCC1. The van der Waals surface area contributed by atoms with Gasteiger partial charge in [0.1, 0.15) is 11.9 Å². The molecule has 4 heterocycles. The number of rotatable bonds is 8. The number of benzene rings is 1. The number of ether oxygens (including phenoxy) is 2. The molecule has 43 heavy (non-hydrogen) atoms. The number of para-hydroxylation sites is 1. The van der Waals surface area contributed by atoms with Gasteiger partial charge in [0.15, 0.2) is 0 Å². The molecule has 3 fully saturated rings. The monoisotopic (exact) mass is 587 g/mol. The van der Waals surface area contributed by atoms with E-state index in [1.807, 2.05) is 42.5 Å². The summed E-state index contributed by atoms with van der Waals surface area (Å²) in [6.45, 7) is 3.92. The molecule has 1 aliphatic carbocycles. The van der Waals surface area contributed by atoms with Crippen molar-refractivity contribution in [3.05, 3.63) is 54.2 Å². The van der Waals surface area contributed by atoms with Gasteiger partial charge in [-0.25, -0.2) is 14.8 Å². The average molecular weight is 588 g/mol. The molecule has 0 radical (unpaired) electrons. The Kier molecular flexibility index (Phi) is 9.33. The molecule has 0 unspecified atom stereocenters. The molecular weight excluding hydrogens is 546 g/mol. The van der Waals surface area contributed by atoms with Crippen molar-refractivity contribution in [2.24, 2.45) is 11.8 Å². The third-order valence-electron chi connectivity index (χ3n) is 8.99. The van der Waals surface area contributed by atoms with E-state index >= 15 is 0 Å². The highest BCUT2D eigenvalue weighted by Crippen LogP contribution is 2.29. The molecule has 3 N–H and O–H groups in total. The minimum absolute atomic E-state index is 0.0467. The van der Waals surface area contributed by atoms with Gasteiger partial charge in [0.25, 0.3) is 5.91 Å². The molecule has 3 aromatic rings. The van der Waals surface area contributed by atoms with E-state index in [1.54, 1.807) is 6.20 Å². The van der Waals surface area contributed by atoms with E-state index in [4.69, 9.17) is 14.5 Å². The van der Waals surface area contributed by atoms with E-state index in [-0.39, 0.29) is 24.2 Å². The van der Waals surface area contributed by atoms with Crippen LogP contribution in [0.2, 0.25) is 0 Å². The molecule has 1 aromatic carbocycles. The Morgan fingerprint density at radius 3 is 2.40 bits per heavy atom. The summed E-state index contributed by atoms with van der Waals surface area (Å²) in [6.07, 6.45) is 7.42. The Labute approximate surface area is 252 Å². The number of carbonyl (C=O) groups is 2. The van der Waals surface area contributed by atoms with Gasteiger partial charge in [-0.1, -0.05) is 18.2 Å². The number of nitrogens with zero attached hydrogens (tertiary/aromatic N) is 3. The molecule has 0 bridgehead atoms. The number of alkyl carbamates (subject to hydrolysis) is 1. The molecule has 10 heteroatoms. The van der Waals surface area contributed by atoms with Gasteiger partial charge >= 0.3 is 6.09 Å². The van der Waals surface area contributed by atoms with Crippen molar-refractivity contribution < 1.29 is 24.2 Å². The average Bonchev–Trinajstić information content (AvgIpc) is 3.49. The maximum atomic E-state index is 13.5. The van der Waals surface area contributed by atoms with Crippen LogP contribution in [-0.2, 0) is 9.47 Å². The summed E-state index contributed by atoms with van der Waals surface area (Å²) >= 11 is 0. The van der Waals surface area contributed by atoms with E-state index in [1.165, 1.54) is 0 Å². The molecule has 1 saturated carbocycles. The molecule has 228 valence electrons. The van der Waals surface area contributed by atoms with E-state index in [0.29, 0.717) is 55.9 Å². The first-order chi connectivity index (χ1) is 21.0. The lowest BCUT2D eigenvalue weighted by Gasteiger charge is -2.29. The maximum Gasteiger partial charge on any atom is 0.407 e. The van der Waals surface area contributed by atoms with Crippen LogP contribution in [0.25, 0.3) is 22.2 Å². The smallest absolute Gasteiger partial charge is 0.407 e. The second-order valence-electron chi connectivity index (χ2n) is 12.1. The van der Waals surface area contributed by atoms with Gasteiger partial charge in [-0.2, -0.15) is 0 Å². The van der Waals surface area contributed by atoms with Crippen LogP contribution in [0.4, 0.5) is 10.6 Å². The minimum atomic E-state index is -0.330. The number of pyridine rings is 2. The normalized spacial score (nSPS) is 22.8. The highest BCUT2D eigenvalue weighted by Gasteiger charge is 2.25. The van der Waals surface area contributed by atoms with E-state index < -0.39 is 0 Å². The number of aromatic nitrogens is 2. The van der Waals surface area contributed by atoms with E-state index in [9.17, 15) is 14.7 Å². The molecule has 2 aliphatic heterocycles. The lowest BCUT2D eigenvalue weighted by molar-refractivity contribution is 0.00123. The third kappa shape index (κ3) is 7.43. The first-order valence-corrected chi connectivity index (χ1v) is 15.6. The summed E-state index contributed by atoms with van der Waals surface area (Å²) in [6, 6.07) is 13.5. The van der Waals surface area contributed by atoms with E-state index in [2.05, 4.69) is 20.5 Å². The quantitative estimate of drug-likeness (QED) is 0.356. The zero-order valence-electron chi connectivity index (χ0n) is 24.5. The molecule has 0 spiro atoms. The van der Waals surface area contributed by atoms with Gasteiger partial charge < -0.3 is 30.1 Å². The number of anilines is 1. The van der Waals surface area contributed by atoms with Crippen molar-refractivity contribution in [3.63, 3.8) is 0 Å². The van der Waals surface area contributed by atoms with Crippen LogP contribution in [0.15, 0.2) is 48.7 Å². The fourth-order valence-corrected chi connectivity index (χ4v) is 6.37. The Morgan fingerprint density at radius 2 is 1.70 bits per heavy atom. The van der Waals surface area contributed by atoms with Crippen LogP contribution in [0, 0.1) is 11.8 Å². The van der Waals surface area contributed by atoms with Crippen LogP contribution in [0.1, 0.15) is 55.3 Å². The van der Waals surface area contributed by atoms with Crippen LogP contribution >= 0.6 is 0 Å². The Balaban J connectivity index is 1.03. The number of aliphatic hydroxyl groups is 1. The van der Waals surface area contributed by atoms with Gasteiger partial charge in [-0.15, -0.1) is 0 Å². The summed E-state index contributed by atoms with van der Waals surface area (Å²) in [5, 5.41) is 16.8. The first-order valence-electron chi connectivity index (χ1n) is 15.6. The van der Waals surface area contributed by atoms with Crippen LogP contribution < -0.4 is 15.5 Å². The molecule has 2 aromatic heterocycles. The van der Waals surface area contributed by atoms with Crippen molar-refractivity contribution in [1.82, 2.24) is 20.6 Å². The largest absolute Gasteiger partial charge is 0.446 e. The predicted molar refractivity (Wildman–Crippen MR) is 164 cm³/mol. The summed E-state index contributed by atoms with van der Waals surface area (Å²) in [5.41, 5.74) is 2.91.